The Bertz CT molecular complexity index is 417. The zero-order chi connectivity index (χ0) is 12.1. The molecule has 4 heteroatoms. The van der Waals surface area contributed by atoms with Gasteiger partial charge >= 0.3 is 0 Å². The van der Waals surface area contributed by atoms with E-state index in [0.717, 1.165) is 18.5 Å². The largest absolute Gasteiger partial charge is 0.380 e. The summed E-state index contributed by atoms with van der Waals surface area (Å²) < 4.78 is 0. The molecular formula is C13H16ClN3. The van der Waals surface area contributed by atoms with Crippen LogP contribution in [0.5, 0.6) is 0 Å². The predicted octanol–water partition coefficient (Wildman–Crippen LogP) is 3.74. The molecule has 1 saturated carbocycles. The molecule has 3 nitrogen and oxygen atoms in total. The molecule has 0 aliphatic heterocycles. The van der Waals surface area contributed by atoms with Crippen LogP contribution in [-0.4, -0.2) is 11.0 Å². The molecule has 0 radical (unpaired) electrons. The zero-order valence-electron chi connectivity index (χ0n) is 9.75. The van der Waals surface area contributed by atoms with Crippen LogP contribution in [-0.2, 0) is 0 Å². The molecule has 0 bridgehead atoms. The van der Waals surface area contributed by atoms with E-state index in [1.165, 1.54) is 31.9 Å². The van der Waals surface area contributed by atoms with Crippen molar-refractivity contribution in [3.8, 4) is 6.07 Å². The fourth-order valence-corrected chi connectivity index (χ4v) is 2.50. The Hall–Kier alpha value is -1.27. The lowest BCUT2D eigenvalue weighted by molar-refractivity contribution is 0.619. The molecule has 0 atom stereocenters. The predicted molar refractivity (Wildman–Crippen MR) is 69.1 cm³/mol. The molecule has 17 heavy (non-hydrogen) atoms. The quantitative estimate of drug-likeness (QED) is 0.813. The maximum atomic E-state index is 9.08. The van der Waals surface area contributed by atoms with Crippen LogP contribution < -0.4 is 5.32 Å². The van der Waals surface area contributed by atoms with Gasteiger partial charge in [0.05, 0.1) is 22.5 Å². The summed E-state index contributed by atoms with van der Waals surface area (Å²) in [5.74, 6) is 0. The van der Waals surface area contributed by atoms with Crippen LogP contribution in [0.2, 0.25) is 5.02 Å². The summed E-state index contributed by atoms with van der Waals surface area (Å²) in [6.45, 7) is 0. The summed E-state index contributed by atoms with van der Waals surface area (Å²) in [6.07, 6.45) is 10.7. The van der Waals surface area contributed by atoms with Gasteiger partial charge in [-0.3, -0.25) is 4.98 Å². The summed E-state index contributed by atoms with van der Waals surface area (Å²) in [4.78, 5) is 4.04. The third-order valence-electron chi connectivity index (χ3n) is 3.23. The molecule has 90 valence electrons. The summed E-state index contributed by atoms with van der Waals surface area (Å²) in [5.41, 5.74) is 1.28. The molecule has 0 spiro atoms. The van der Waals surface area contributed by atoms with Crippen LogP contribution in [0.15, 0.2) is 12.4 Å². The van der Waals surface area contributed by atoms with E-state index in [1.807, 2.05) is 0 Å². The fraction of sp³-hybridized carbons (Fsp3) is 0.538. The average molecular weight is 250 g/mol. The maximum absolute atomic E-state index is 9.08. The SMILES string of the molecule is N#Cc1c(Cl)cncc1NC1CCCCCC1. The van der Waals surface area contributed by atoms with Crippen molar-refractivity contribution in [2.24, 2.45) is 0 Å². The highest BCUT2D eigenvalue weighted by Gasteiger charge is 2.14. The van der Waals surface area contributed by atoms with E-state index < -0.39 is 0 Å². The number of pyridine rings is 1. The van der Waals surface area contributed by atoms with E-state index in [0.29, 0.717) is 16.6 Å². The van der Waals surface area contributed by atoms with Gasteiger partial charge in [0.25, 0.3) is 0 Å². The Labute approximate surface area is 107 Å². The minimum atomic E-state index is 0.422. The molecule has 0 unspecified atom stereocenters. The van der Waals surface area contributed by atoms with Crippen molar-refractivity contribution >= 4 is 17.3 Å². The Balaban J connectivity index is 2.12. The smallest absolute Gasteiger partial charge is 0.103 e. The van der Waals surface area contributed by atoms with Crippen molar-refractivity contribution in [2.75, 3.05) is 5.32 Å². The van der Waals surface area contributed by atoms with Gasteiger partial charge in [-0.05, 0) is 12.8 Å². The first-order chi connectivity index (χ1) is 8.31. The second-order valence-electron chi connectivity index (χ2n) is 4.49. The standard InChI is InChI=1S/C13H16ClN3/c14-12-8-16-9-13(11(12)7-15)17-10-5-3-1-2-4-6-10/h8-10,17H,1-6H2. The molecule has 1 aliphatic carbocycles. The van der Waals surface area contributed by atoms with E-state index in [2.05, 4.69) is 16.4 Å². The van der Waals surface area contributed by atoms with Gasteiger partial charge in [-0.2, -0.15) is 5.26 Å². The number of nitrogens with one attached hydrogen (secondary N) is 1. The summed E-state index contributed by atoms with van der Waals surface area (Å²) >= 11 is 5.95. The van der Waals surface area contributed by atoms with Crippen molar-refractivity contribution in [1.29, 1.82) is 5.26 Å². The average Bonchev–Trinajstić information content (AvgIpc) is 2.58. The highest BCUT2D eigenvalue weighted by molar-refractivity contribution is 6.32. The molecular weight excluding hydrogens is 234 g/mol. The van der Waals surface area contributed by atoms with Crippen molar-refractivity contribution in [2.45, 2.75) is 44.6 Å². The van der Waals surface area contributed by atoms with Gasteiger partial charge < -0.3 is 5.32 Å². The number of anilines is 1. The topological polar surface area (TPSA) is 48.7 Å². The molecule has 1 fully saturated rings. The van der Waals surface area contributed by atoms with Gasteiger partial charge in [-0.1, -0.05) is 37.3 Å². The highest BCUT2D eigenvalue weighted by atomic mass is 35.5. The third-order valence-corrected chi connectivity index (χ3v) is 3.51. The molecule has 1 aromatic rings. The number of nitrogens with zero attached hydrogens (tertiary/aromatic N) is 2. The van der Waals surface area contributed by atoms with Gasteiger partial charge in [-0.25, -0.2) is 0 Å². The van der Waals surface area contributed by atoms with Crippen molar-refractivity contribution in [3.63, 3.8) is 0 Å². The third kappa shape index (κ3) is 3.10. The van der Waals surface area contributed by atoms with Crippen LogP contribution in [0.1, 0.15) is 44.1 Å². The molecule has 0 saturated heterocycles. The van der Waals surface area contributed by atoms with E-state index in [-0.39, 0.29) is 0 Å². The van der Waals surface area contributed by atoms with Gasteiger partial charge in [-0.15, -0.1) is 0 Å². The van der Waals surface area contributed by atoms with E-state index in [1.54, 1.807) is 6.20 Å². The lowest BCUT2D eigenvalue weighted by atomic mass is 10.1. The maximum Gasteiger partial charge on any atom is 0.103 e. The van der Waals surface area contributed by atoms with Crippen LogP contribution in [0, 0.1) is 11.3 Å². The van der Waals surface area contributed by atoms with Crippen LogP contribution in [0.3, 0.4) is 0 Å². The Morgan fingerprint density at radius 3 is 2.59 bits per heavy atom. The summed E-state index contributed by atoms with van der Waals surface area (Å²) in [5, 5.41) is 12.9. The second-order valence-corrected chi connectivity index (χ2v) is 4.90. The van der Waals surface area contributed by atoms with Gasteiger partial charge in [0.1, 0.15) is 6.07 Å². The number of halogens is 1. The normalized spacial score (nSPS) is 17.2. The number of hydrogen-bond donors (Lipinski definition) is 1. The summed E-state index contributed by atoms with van der Waals surface area (Å²) in [7, 11) is 0. The lowest BCUT2D eigenvalue weighted by Gasteiger charge is -2.18. The first-order valence-corrected chi connectivity index (χ1v) is 6.49. The number of hydrogen-bond acceptors (Lipinski definition) is 3. The van der Waals surface area contributed by atoms with Crippen LogP contribution in [0.4, 0.5) is 5.69 Å². The van der Waals surface area contributed by atoms with Gasteiger partial charge in [0.15, 0.2) is 0 Å². The molecule has 2 rings (SSSR count). The molecule has 1 N–H and O–H groups in total. The molecule has 0 aromatic carbocycles. The second kappa shape index (κ2) is 5.88. The van der Waals surface area contributed by atoms with Crippen molar-refractivity contribution < 1.29 is 0 Å². The van der Waals surface area contributed by atoms with Gasteiger partial charge in [0.2, 0.25) is 0 Å². The Morgan fingerprint density at radius 1 is 1.24 bits per heavy atom. The first-order valence-electron chi connectivity index (χ1n) is 6.11. The van der Waals surface area contributed by atoms with Crippen LogP contribution in [0.25, 0.3) is 0 Å². The van der Waals surface area contributed by atoms with Crippen molar-refractivity contribution in [1.82, 2.24) is 4.98 Å². The highest BCUT2D eigenvalue weighted by Crippen LogP contribution is 2.25. The van der Waals surface area contributed by atoms with E-state index in [9.17, 15) is 0 Å². The summed E-state index contributed by atoms with van der Waals surface area (Å²) in [6, 6.07) is 2.58. The van der Waals surface area contributed by atoms with Crippen LogP contribution >= 0.6 is 11.6 Å². The van der Waals surface area contributed by atoms with Gasteiger partial charge in [0, 0.05) is 12.2 Å². The monoisotopic (exact) mass is 249 g/mol. The minimum Gasteiger partial charge on any atom is -0.380 e. The Kier molecular flexibility index (Phi) is 4.22. The first kappa shape index (κ1) is 12.2. The number of aromatic nitrogens is 1. The van der Waals surface area contributed by atoms with E-state index in [4.69, 9.17) is 16.9 Å². The molecule has 1 aliphatic rings. The minimum absolute atomic E-state index is 0.422. The molecule has 1 aromatic heterocycles. The fourth-order valence-electron chi connectivity index (χ4n) is 2.30. The number of nitriles is 1. The van der Waals surface area contributed by atoms with E-state index >= 15 is 0 Å². The van der Waals surface area contributed by atoms with Crippen molar-refractivity contribution in [3.05, 3.63) is 23.0 Å². The molecule has 1 heterocycles. The Morgan fingerprint density at radius 2 is 1.94 bits per heavy atom. The number of rotatable bonds is 2. The molecule has 0 amide bonds. The zero-order valence-corrected chi connectivity index (χ0v) is 10.5. The lowest BCUT2D eigenvalue weighted by Crippen LogP contribution is -2.19.